The van der Waals surface area contributed by atoms with Crippen LogP contribution in [-0.2, 0) is 0 Å². The maximum absolute atomic E-state index is 12.3. The predicted octanol–water partition coefficient (Wildman–Crippen LogP) is 2.16. The second kappa shape index (κ2) is 4.82. The molecule has 0 aliphatic rings. The van der Waals surface area contributed by atoms with E-state index in [4.69, 9.17) is 0 Å². The van der Waals surface area contributed by atoms with Crippen molar-refractivity contribution in [3.8, 4) is 5.69 Å². The minimum Gasteiger partial charge on any atom is -0.388 e. The van der Waals surface area contributed by atoms with Crippen LogP contribution in [0.5, 0.6) is 0 Å². The molecule has 18 heavy (non-hydrogen) atoms. The van der Waals surface area contributed by atoms with Gasteiger partial charge in [-0.25, -0.2) is 4.68 Å². The van der Waals surface area contributed by atoms with E-state index in [1.807, 2.05) is 51.1 Å². The Bertz CT molecular complexity index is 582. The second-order valence-corrected chi connectivity index (χ2v) is 4.82. The van der Waals surface area contributed by atoms with Crippen molar-refractivity contribution in [2.24, 2.45) is 5.92 Å². The molecule has 0 saturated heterocycles. The van der Waals surface area contributed by atoms with Crippen LogP contribution in [0, 0.1) is 12.8 Å². The fraction of sp³-hybridized carbons (Fsp3) is 0.357. The molecule has 1 heterocycles. The van der Waals surface area contributed by atoms with Crippen LogP contribution in [0.2, 0.25) is 0 Å². The number of rotatable bonds is 3. The summed E-state index contributed by atoms with van der Waals surface area (Å²) in [4.78, 5) is 12.3. The molecule has 0 bridgehead atoms. The summed E-state index contributed by atoms with van der Waals surface area (Å²) in [6.45, 7) is 5.59. The first-order chi connectivity index (χ1) is 8.52. The number of H-pyrrole nitrogens is 1. The highest BCUT2D eigenvalue weighted by atomic mass is 16.3. The van der Waals surface area contributed by atoms with Crippen molar-refractivity contribution in [3.05, 3.63) is 51.9 Å². The summed E-state index contributed by atoms with van der Waals surface area (Å²) >= 11 is 0. The van der Waals surface area contributed by atoms with Crippen molar-refractivity contribution in [1.82, 2.24) is 9.78 Å². The molecular weight excluding hydrogens is 228 g/mol. The molecule has 2 rings (SSSR count). The predicted molar refractivity (Wildman–Crippen MR) is 70.9 cm³/mol. The topological polar surface area (TPSA) is 58.0 Å². The van der Waals surface area contributed by atoms with Gasteiger partial charge in [-0.1, -0.05) is 32.0 Å². The zero-order valence-electron chi connectivity index (χ0n) is 10.8. The Balaban J connectivity index is 2.55. The van der Waals surface area contributed by atoms with Gasteiger partial charge in [0.25, 0.3) is 5.56 Å². The number of hydrogen-bond donors (Lipinski definition) is 2. The molecule has 1 aromatic carbocycles. The van der Waals surface area contributed by atoms with Crippen LogP contribution in [0.4, 0.5) is 0 Å². The van der Waals surface area contributed by atoms with Crippen LogP contribution in [-0.4, -0.2) is 14.9 Å². The summed E-state index contributed by atoms with van der Waals surface area (Å²) in [6.07, 6.45) is -0.737. The van der Waals surface area contributed by atoms with E-state index in [2.05, 4.69) is 5.10 Å². The lowest BCUT2D eigenvalue weighted by molar-refractivity contribution is 0.125. The number of hydrogen-bond acceptors (Lipinski definition) is 2. The lowest BCUT2D eigenvalue weighted by Gasteiger charge is -2.12. The number of nitrogens with one attached hydrogen (secondary N) is 1. The molecule has 2 N–H and O–H groups in total. The first kappa shape index (κ1) is 12.6. The normalized spacial score (nSPS) is 12.9. The monoisotopic (exact) mass is 246 g/mol. The van der Waals surface area contributed by atoms with Gasteiger partial charge in [0.2, 0.25) is 0 Å². The quantitative estimate of drug-likeness (QED) is 0.872. The molecule has 4 nitrogen and oxygen atoms in total. The highest BCUT2D eigenvalue weighted by Crippen LogP contribution is 2.21. The van der Waals surface area contributed by atoms with Crippen molar-refractivity contribution >= 4 is 0 Å². The van der Waals surface area contributed by atoms with Gasteiger partial charge in [0.05, 0.1) is 17.4 Å². The molecule has 96 valence electrons. The second-order valence-electron chi connectivity index (χ2n) is 4.82. The summed E-state index contributed by atoms with van der Waals surface area (Å²) in [7, 11) is 0. The molecule has 0 amide bonds. The van der Waals surface area contributed by atoms with Gasteiger partial charge in [0.1, 0.15) is 0 Å². The summed E-state index contributed by atoms with van der Waals surface area (Å²) in [5.74, 6) is 0.0106. The van der Waals surface area contributed by atoms with E-state index in [-0.39, 0.29) is 11.5 Å². The lowest BCUT2D eigenvalue weighted by atomic mass is 10.00. The number of aliphatic hydroxyl groups is 1. The Hall–Kier alpha value is -1.81. The van der Waals surface area contributed by atoms with Crippen LogP contribution in [0.3, 0.4) is 0 Å². The Morgan fingerprint density at radius 1 is 1.22 bits per heavy atom. The number of para-hydroxylation sites is 1. The van der Waals surface area contributed by atoms with Gasteiger partial charge in [-0.15, -0.1) is 0 Å². The van der Waals surface area contributed by atoms with Crippen LogP contribution in [0.25, 0.3) is 5.69 Å². The van der Waals surface area contributed by atoms with E-state index in [1.54, 1.807) is 0 Å². The number of benzene rings is 1. The maximum atomic E-state index is 12.3. The zero-order valence-corrected chi connectivity index (χ0v) is 10.8. The molecule has 0 fully saturated rings. The SMILES string of the molecule is Cc1[nH]n(-c2ccccc2)c(=O)c1C(O)C(C)C. The number of nitrogens with zero attached hydrogens (tertiary/aromatic N) is 1. The highest BCUT2D eigenvalue weighted by molar-refractivity contribution is 5.33. The standard InChI is InChI=1S/C14H18N2O2/c1-9(2)13(17)12-10(3)15-16(14(12)18)11-7-5-4-6-8-11/h4-9,13,15,17H,1-3H3. The van der Waals surface area contributed by atoms with E-state index in [0.29, 0.717) is 11.3 Å². The highest BCUT2D eigenvalue weighted by Gasteiger charge is 2.22. The molecule has 0 spiro atoms. The van der Waals surface area contributed by atoms with Gasteiger partial charge in [-0.3, -0.25) is 9.89 Å². The molecule has 1 aromatic heterocycles. The van der Waals surface area contributed by atoms with E-state index >= 15 is 0 Å². The Morgan fingerprint density at radius 3 is 2.39 bits per heavy atom. The minimum absolute atomic E-state index is 0.0106. The van der Waals surface area contributed by atoms with Crippen LogP contribution < -0.4 is 5.56 Å². The van der Waals surface area contributed by atoms with Gasteiger partial charge in [-0.05, 0) is 25.0 Å². The van der Waals surface area contributed by atoms with Crippen LogP contribution >= 0.6 is 0 Å². The van der Waals surface area contributed by atoms with E-state index in [0.717, 1.165) is 5.69 Å². The van der Waals surface area contributed by atoms with Crippen LogP contribution in [0.1, 0.15) is 31.2 Å². The van der Waals surface area contributed by atoms with Crippen molar-refractivity contribution in [1.29, 1.82) is 0 Å². The average Bonchev–Trinajstić information content (AvgIpc) is 2.65. The molecular formula is C14H18N2O2. The summed E-state index contributed by atoms with van der Waals surface area (Å²) in [6, 6.07) is 9.34. The number of aliphatic hydroxyl groups excluding tert-OH is 1. The fourth-order valence-electron chi connectivity index (χ4n) is 2.00. The Labute approximate surface area is 106 Å². The average molecular weight is 246 g/mol. The third-order valence-electron chi connectivity index (χ3n) is 3.06. The molecule has 1 atom stereocenters. The molecule has 2 aromatic rings. The van der Waals surface area contributed by atoms with Crippen molar-refractivity contribution in [2.45, 2.75) is 26.9 Å². The number of aromatic amines is 1. The van der Waals surface area contributed by atoms with Gasteiger partial charge < -0.3 is 5.11 Å². The van der Waals surface area contributed by atoms with Gasteiger partial charge in [0, 0.05) is 5.69 Å². The third kappa shape index (κ3) is 2.11. The minimum atomic E-state index is -0.737. The van der Waals surface area contributed by atoms with E-state index in [9.17, 15) is 9.90 Å². The number of aryl methyl sites for hydroxylation is 1. The Kier molecular flexibility index (Phi) is 3.39. The fourth-order valence-corrected chi connectivity index (χ4v) is 2.00. The largest absolute Gasteiger partial charge is 0.388 e. The smallest absolute Gasteiger partial charge is 0.277 e. The summed E-state index contributed by atoms with van der Waals surface area (Å²) in [5.41, 5.74) is 1.76. The molecule has 0 saturated carbocycles. The maximum Gasteiger partial charge on any atom is 0.277 e. The van der Waals surface area contributed by atoms with E-state index < -0.39 is 6.10 Å². The third-order valence-corrected chi connectivity index (χ3v) is 3.06. The van der Waals surface area contributed by atoms with Crippen LogP contribution in [0.15, 0.2) is 35.1 Å². The molecule has 0 aliphatic heterocycles. The van der Waals surface area contributed by atoms with Crippen molar-refractivity contribution in [3.63, 3.8) is 0 Å². The van der Waals surface area contributed by atoms with E-state index in [1.165, 1.54) is 4.68 Å². The van der Waals surface area contributed by atoms with Gasteiger partial charge in [-0.2, -0.15) is 0 Å². The first-order valence-electron chi connectivity index (χ1n) is 6.07. The molecule has 4 heteroatoms. The molecule has 1 unspecified atom stereocenters. The number of aromatic nitrogens is 2. The first-order valence-corrected chi connectivity index (χ1v) is 6.07. The van der Waals surface area contributed by atoms with Gasteiger partial charge >= 0.3 is 0 Å². The molecule has 0 radical (unpaired) electrons. The Morgan fingerprint density at radius 2 is 1.83 bits per heavy atom. The van der Waals surface area contributed by atoms with Crippen molar-refractivity contribution < 1.29 is 5.11 Å². The lowest BCUT2D eigenvalue weighted by Crippen LogP contribution is -2.21. The van der Waals surface area contributed by atoms with Gasteiger partial charge in [0.15, 0.2) is 0 Å². The zero-order chi connectivity index (χ0) is 13.3. The molecule has 0 aliphatic carbocycles. The summed E-state index contributed by atoms with van der Waals surface area (Å²) < 4.78 is 1.47. The van der Waals surface area contributed by atoms with Crippen molar-refractivity contribution in [2.75, 3.05) is 0 Å². The summed E-state index contributed by atoms with van der Waals surface area (Å²) in [5, 5.41) is 13.1.